The Morgan fingerprint density at radius 2 is 2.06 bits per heavy atom. The minimum absolute atomic E-state index is 0.0140. The van der Waals surface area contributed by atoms with Gasteiger partial charge >= 0.3 is 0 Å². The molecule has 162 valence electrons. The van der Waals surface area contributed by atoms with E-state index in [9.17, 15) is 9.90 Å². The Morgan fingerprint density at radius 1 is 1.29 bits per heavy atom. The van der Waals surface area contributed by atoms with Gasteiger partial charge in [0.25, 0.3) is 5.91 Å². The molecule has 1 aromatic carbocycles. The Hall–Kier alpha value is -3.13. The molecule has 1 atom stereocenters. The Morgan fingerprint density at radius 3 is 2.77 bits per heavy atom. The molecule has 8 heteroatoms. The summed E-state index contributed by atoms with van der Waals surface area (Å²) in [6, 6.07) is 5.17. The maximum atomic E-state index is 13.9. The number of phenolic OH excluding ortho intramolecular Hbond substituents is 1. The van der Waals surface area contributed by atoms with E-state index < -0.39 is 5.72 Å². The van der Waals surface area contributed by atoms with Crippen LogP contribution in [0.1, 0.15) is 53.9 Å². The summed E-state index contributed by atoms with van der Waals surface area (Å²) < 4.78 is 11.8. The second-order valence-electron chi connectivity index (χ2n) is 8.86. The number of carbonyl (C=O) groups excluding carboxylic acids is 1. The molecule has 5 rings (SSSR count). The number of benzene rings is 1. The first kappa shape index (κ1) is 19.8. The van der Waals surface area contributed by atoms with Gasteiger partial charge in [0.1, 0.15) is 23.7 Å². The lowest BCUT2D eigenvalue weighted by molar-refractivity contribution is -0.115. The van der Waals surface area contributed by atoms with E-state index in [4.69, 9.17) is 9.15 Å². The number of hydrogen-bond donors (Lipinski definition) is 2. The normalized spacial score (nSPS) is 21.7. The summed E-state index contributed by atoms with van der Waals surface area (Å²) in [4.78, 5) is 24.3. The highest BCUT2D eigenvalue weighted by Gasteiger charge is 2.44. The van der Waals surface area contributed by atoms with Crippen molar-refractivity contribution >= 4 is 22.8 Å². The Balaban J connectivity index is 1.62. The number of carbonyl (C=O) groups is 1. The van der Waals surface area contributed by atoms with Crippen LogP contribution in [0, 0.1) is 6.92 Å². The van der Waals surface area contributed by atoms with Crippen LogP contribution in [-0.2, 0) is 16.9 Å². The lowest BCUT2D eigenvalue weighted by Crippen LogP contribution is -2.53. The van der Waals surface area contributed by atoms with Gasteiger partial charge in [0, 0.05) is 24.8 Å². The van der Waals surface area contributed by atoms with E-state index >= 15 is 0 Å². The number of nitrogens with one attached hydrogen (secondary N) is 1. The fourth-order valence-corrected chi connectivity index (χ4v) is 4.48. The number of methoxy groups -OCH3 is 1. The number of anilines is 1. The van der Waals surface area contributed by atoms with Gasteiger partial charge in [-0.15, -0.1) is 0 Å². The Labute approximate surface area is 180 Å². The molecule has 1 saturated carbocycles. The smallest absolute Gasteiger partial charge is 0.260 e. The number of hydrogen-bond acceptors (Lipinski definition) is 7. The largest absolute Gasteiger partial charge is 0.508 e. The van der Waals surface area contributed by atoms with Crippen molar-refractivity contribution in [2.45, 2.75) is 51.3 Å². The molecule has 31 heavy (non-hydrogen) atoms. The number of ether oxygens (including phenoxy) is 1. The zero-order valence-corrected chi connectivity index (χ0v) is 18.2. The van der Waals surface area contributed by atoms with Crippen LogP contribution in [0.5, 0.6) is 5.75 Å². The van der Waals surface area contributed by atoms with Gasteiger partial charge in [0.15, 0.2) is 5.72 Å². The van der Waals surface area contributed by atoms with Crippen molar-refractivity contribution in [3.8, 4) is 5.75 Å². The van der Waals surface area contributed by atoms with Crippen molar-refractivity contribution in [3.63, 3.8) is 0 Å². The molecular formula is C23H26N4O4. The fourth-order valence-electron chi connectivity index (χ4n) is 4.48. The minimum Gasteiger partial charge on any atom is -0.508 e. The number of furan rings is 1. The van der Waals surface area contributed by atoms with Gasteiger partial charge in [-0.2, -0.15) is 0 Å². The van der Waals surface area contributed by atoms with Gasteiger partial charge in [-0.3, -0.25) is 4.79 Å². The van der Waals surface area contributed by atoms with E-state index in [1.165, 1.54) is 6.33 Å². The number of phenols is 1. The molecular weight excluding hydrogens is 396 g/mol. The molecule has 1 fully saturated rings. The van der Waals surface area contributed by atoms with Crippen molar-refractivity contribution in [2.75, 3.05) is 19.0 Å². The number of aromatic hydroxyl groups is 1. The Kier molecular flexibility index (Phi) is 4.27. The molecule has 0 radical (unpaired) electrons. The molecule has 3 aromatic rings. The lowest BCUT2D eigenvalue weighted by atomic mass is 9.89. The van der Waals surface area contributed by atoms with Crippen molar-refractivity contribution in [2.24, 2.45) is 0 Å². The third kappa shape index (κ3) is 3.05. The van der Waals surface area contributed by atoms with Gasteiger partial charge in [0.2, 0.25) is 5.71 Å². The number of rotatable bonds is 4. The maximum absolute atomic E-state index is 13.9. The summed E-state index contributed by atoms with van der Waals surface area (Å²) in [7, 11) is 1.59. The third-order valence-electron chi connectivity index (χ3n) is 6.65. The summed E-state index contributed by atoms with van der Waals surface area (Å²) in [6.45, 7) is 6.23. The van der Waals surface area contributed by atoms with Crippen LogP contribution in [0.2, 0.25) is 0 Å². The fraction of sp³-hybridized carbons (Fsp3) is 0.435. The number of aromatic nitrogens is 2. The van der Waals surface area contributed by atoms with Crippen LogP contribution in [0.4, 0.5) is 5.82 Å². The first-order valence-electron chi connectivity index (χ1n) is 10.5. The topological polar surface area (TPSA) is 101 Å². The molecule has 1 aliphatic heterocycles. The summed E-state index contributed by atoms with van der Waals surface area (Å²) in [5, 5.41) is 14.0. The van der Waals surface area contributed by atoms with Crippen LogP contribution in [0.15, 0.2) is 28.9 Å². The summed E-state index contributed by atoms with van der Waals surface area (Å²) in [5.41, 5.74) is 1.67. The SMILES string of the molecule is COC1(C)c2ccc(O)cc2CCN1C(=O)c1c(C)oc2ncnc(NC3(C)CC3)c12. The molecule has 0 bridgehead atoms. The second-order valence-corrected chi connectivity index (χ2v) is 8.86. The molecule has 1 amide bonds. The van der Waals surface area contributed by atoms with E-state index in [2.05, 4.69) is 22.2 Å². The predicted octanol–water partition coefficient (Wildman–Crippen LogP) is 3.72. The number of aryl methyl sites for hydroxylation is 1. The first-order valence-corrected chi connectivity index (χ1v) is 10.5. The van der Waals surface area contributed by atoms with E-state index in [0.717, 1.165) is 24.0 Å². The van der Waals surface area contributed by atoms with Crippen molar-refractivity contribution in [1.82, 2.24) is 14.9 Å². The number of amides is 1. The predicted molar refractivity (Wildman–Crippen MR) is 115 cm³/mol. The second kappa shape index (κ2) is 6.68. The molecule has 3 heterocycles. The molecule has 1 unspecified atom stereocenters. The average Bonchev–Trinajstić information content (AvgIpc) is 3.35. The summed E-state index contributed by atoms with van der Waals surface area (Å²) in [5.74, 6) is 1.12. The lowest BCUT2D eigenvalue weighted by Gasteiger charge is -2.44. The van der Waals surface area contributed by atoms with Crippen LogP contribution in [-0.4, -0.2) is 45.1 Å². The Bertz CT molecular complexity index is 1200. The number of fused-ring (bicyclic) bond motifs is 2. The van der Waals surface area contributed by atoms with Gasteiger partial charge in [-0.25, -0.2) is 9.97 Å². The van der Waals surface area contributed by atoms with Crippen LogP contribution >= 0.6 is 0 Å². The van der Waals surface area contributed by atoms with Gasteiger partial charge < -0.3 is 24.5 Å². The first-order chi connectivity index (χ1) is 14.8. The monoisotopic (exact) mass is 422 g/mol. The van der Waals surface area contributed by atoms with E-state index in [0.29, 0.717) is 41.2 Å². The van der Waals surface area contributed by atoms with Crippen molar-refractivity contribution in [3.05, 3.63) is 47.0 Å². The zero-order chi connectivity index (χ0) is 22.0. The quantitative estimate of drug-likeness (QED) is 0.661. The van der Waals surface area contributed by atoms with Crippen LogP contribution in [0.3, 0.4) is 0 Å². The van der Waals surface area contributed by atoms with E-state index in [-0.39, 0.29) is 17.2 Å². The maximum Gasteiger partial charge on any atom is 0.260 e. The highest BCUT2D eigenvalue weighted by molar-refractivity contribution is 6.10. The minimum atomic E-state index is -0.986. The molecule has 0 saturated heterocycles. The van der Waals surface area contributed by atoms with Gasteiger partial charge in [0.05, 0.1) is 10.9 Å². The third-order valence-corrected chi connectivity index (χ3v) is 6.65. The van der Waals surface area contributed by atoms with Crippen molar-refractivity contribution in [1.29, 1.82) is 0 Å². The molecule has 2 N–H and O–H groups in total. The molecule has 0 spiro atoms. The molecule has 2 aliphatic rings. The average molecular weight is 422 g/mol. The van der Waals surface area contributed by atoms with Crippen LogP contribution < -0.4 is 5.32 Å². The molecule has 1 aliphatic carbocycles. The highest BCUT2D eigenvalue weighted by Crippen LogP contribution is 2.42. The molecule has 2 aromatic heterocycles. The summed E-state index contributed by atoms with van der Waals surface area (Å²) >= 11 is 0. The highest BCUT2D eigenvalue weighted by atomic mass is 16.5. The van der Waals surface area contributed by atoms with E-state index in [1.54, 1.807) is 31.1 Å². The van der Waals surface area contributed by atoms with Gasteiger partial charge in [-0.1, -0.05) is 6.07 Å². The van der Waals surface area contributed by atoms with E-state index in [1.807, 2.05) is 13.0 Å². The summed E-state index contributed by atoms with van der Waals surface area (Å²) in [6.07, 6.45) is 4.17. The number of nitrogens with zero attached hydrogens (tertiary/aromatic N) is 3. The molecule has 8 nitrogen and oxygen atoms in total. The van der Waals surface area contributed by atoms with Crippen molar-refractivity contribution < 1.29 is 19.1 Å². The zero-order valence-electron chi connectivity index (χ0n) is 18.2. The van der Waals surface area contributed by atoms with Gasteiger partial charge in [-0.05, 0) is 57.7 Å². The van der Waals surface area contributed by atoms with Crippen LogP contribution in [0.25, 0.3) is 11.1 Å². The standard InChI is InChI=1S/C23H26N4O4/c1-13-17(18-19(26-22(2)8-9-22)24-12-25-20(18)31-13)21(29)27-10-7-14-11-15(28)5-6-16(14)23(27,3)30-4/h5-6,11-12,28H,7-10H2,1-4H3,(H,24,25,26).